The van der Waals surface area contributed by atoms with Crippen molar-refractivity contribution in [2.45, 2.75) is 25.3 Å². The number of nitrogens with zero attached hydrogens (tertiary/aromatic N) is 3. The highest BCUT2D eigenvalue weighted by Crippen LogP contribution is 2.36. The highest BCUT2D eigenvalue weighted by atomic mass is 79.9. The van der Waals surface area contributed by atoms with Gasteiger partial charge < -0.3 is 0 Å². The molecule has 0 fully saturated rings. The zero-order valence-corrected chi connectivity index (χ0v) is 16.8. The summed E-state index contributed by atoms with van der Waals surface area (Å²) in [7, 11) is 1.57. The molecule has 0 amide bonds. The molecule has 1 aromatic heterocycles. The Morgan fingerprint density at radius 3 is 2.41 bits per heavy atom. The first kappa shape index (κ1) is 19.2. The van der Waals surface area contributed by atoms with Crippen molar-refractivity contribution in [1.82, 2.24) is 9.78 Å². The van der Waals surface area contributed by atoms with Crippen LogP contribution in [0.4, 0.5) is 0 Å². The number of hydrogen-bond donors (Lipinski definition) is 0. The largest absolute Gasteiger partial charge is 0.268 e. The fourth-order valence-corrected chi connectivity index (χ4v) is 3.52. The lowest BCUT2D eigenvalue weighted by molar-refractivity contribution is 0.552. The minimum Gasteiger partial charge on any atom is -0.268 e. The highest BCUT2D eigenvalue weighted by Gasteiger charge is 2.24. The summed E-state index contributed by atoms with van der Waals surface area (Å²) < 4.78 is 2.23. The highest BCUT2D eigenvalue weighted by molar-refractivity contribution is 9.10. The molecule has 0 saturated carbocycles. The van der Waals surface area contributed by atoms with Crippen LogP contribution >= 0.6 is 15.9 Å². The molecule has 0 spiro atoms. The van der Waals surface area contributed by atoms with Gasteiger partial charge in [0, 0.05) is 23.5 Å². The Morgan fingerprint density at radius 2 is 1.78 bits per heavy atom. The maximum absolute atomic E-state index is 11.7. The van der Waals surface area contributed by atoms with Crippen molar-refractivity contribution in [1.29, 1.82) is 0 Å². The van der Waals surface area contributed by atoms with E-state index in [-0.39, 0.29) is 11.5 Å². The monoisotopic (exact) mass is 425 g/mol. The molecule has 0 radical (unpaired) electrons. The first-order valence-corrected chi connectivity index (χ1v) is 9.46. The van der Waals surface area contributed by atoms with Gasteiger partial charge in [-0.05, 0) is 48.2 Å². The Kier molecular flexibility index (Phi) is 5.96. The van der Waals surface area contributed by atoms with Gasteiger partial charge in [-0.15, -0.1) is 0 Å². The standard InChI is InChI=1S/C21H20BrN3O2/c1-14-5-3-4-6-17(14)18(15-7-9-16(22)10-8-15)13-20(24-27)19-11-12-21(26)25(2)23-19/h3-12,18,20H,13H2,1-2H3. The van der Waals surface area contributed by atoms with Crippen molar-refractivity contribution < 1.29 is 0 Å². The van der Waals surface area contributed by atoms with E-state index in [0.717, 1.165) is 21.2 Å². The third kappa shape index (κ3) is 4.39. The number of nitroso groups, excluding NO2 is 1. The van der Waals surface area contributed by atoms with Crippen molar-refractivity contribution in [3.05, 3.63) is 103 Å². The topological polar surface area (TPSA) is 64.3 Å². The summed E-state index contributed by atoms with van der Waals surface area (Å²) in [5.74, 6) is -0.0129. The van der Waals surface area contributed by atoms with Gasteiger partial charge >= 0.3 is 0 Å². The number of aryl methyl sites for hydroxylation is 2. The SMILES string of the molecule is Cc1ccccc1C(CC(N=O)c1ccc(=O)n(C)n1)c1ccc(Br)cc1. The molecule has 0 bridgehead atoms. The minimum absolute atomic E-state index is 0.0129. The minimum atomic E-state index is -0.648. The molecule has 0 aliphatic heterocycles. The van der Waals surface area contributed by atoms with Gasteiger partial charge in [0.05, 0.1) is 5.69 Å². The maximum Gasteiger partial charge on any atom is 0.266 e. The lowest BCUT2D eigenvalue weighted by Gasteiger charge is -2.22. The molecule has 5 nitrogen and oxygen atoms in total. The van der Waals surface area contributed by atoms with Gasteiger partial charge in [0.2, 0.25) is 0 Å². The first-order chi connectivity index (χ1) is 13.0. The molecule has 138 valence electrons. The number of aromatic nitrogens is 2. The zero-order chi connectivity index (χ0) is 19.4. The molecule has 2 unspecified atom stereocenters. The van der Waals surface area contributed by atoms with Gasteiger partial charge in [0.15, 0.2) is 0 Å². The predicted octanol–water partition coefficient (Wildman–Crippen LogP) is 4.88. The number of rotatable bonds is 6. The third-order valence-corrected chi connectivity index (χ3v) is 5.27. The van der Waals surface area contributed by atoms with Crippen molar-refractivity contribution in [3.8, 4) is 0 Å². The van der Waals surface area contributed by atoms with Gasteiger partial charge in [-0.3, -0.25) is 4.79 Å². The van der Waals surface area contributed by atoms with Gasteiger partial charge in [-0.25, -0.2) is 4.68 Å². The molecular weight excluding hydrogens is 406 g/mol. The van der Waals surface area contributed by atoms with E-state index in [4.69, 9.17) is 0 Å². The van der Waals surface area contributed by atoms with Gasteiger partial charge in [0.25, 0.3) is 5.56 Å². The molecule has 3 aromatic rings. The second-order valence-corrected chi connectivity index (χ2v) is 7.45. The molecule has 0 saturated heterocycles. The van der Waals surface area contributed by atoms with Crippen LogP contribution < -0.4 is 5.56 Å². The van der Waals surface area contributed by atoms with Crippen LogP contribution in [0.3, 0.4) is 0 Å². The summed E-state index contributed by atoms with van der Waals surface area (Å²) in [6.07, 6.45) is 0.473. The van der Waals surface area contributed by atoms with E-state index in [1.807, 2.05) is 24.3 Å². The van der Waals surface area contributed by atoms with Crippen LogP contribution in [0.2, 0.25) is 0 Å². The van der Waals surface area contributed by atoms with Crippen molar-refractivity contribution in [2.24, 2.45) is 12.2 Å². The van der Waals surface area contributed by atoms with Gasteiger partial charge in [-0.1, -0.05) is 57.5 Å². The van der Waals surface area contributed by atoms with E-state index >= 15 is 0 Å². The van der Waals surface area contributed by atoms with E-state index in [1.54, 1.807) is 13.1 Å². The summed E-state index contributed by atoms with van der Waals surface area (Å²) in [4.78, 5) is 23.3. The Balaban J connectivity index is 2.03. The molecule has 0 aliphatic carbocycles. The van der Waals surface area contributed by atoms with Crippen LogP contribution in [0.5, 0.6) is 0 Å². The molecule has 0 aliphatic rings. The van der Waals surface area contributed by atoms with Crippen molar-refractivity contribution >= 4 is 15.9 Å². The van der Waals surface area contributed by atoms with Crippen LogP contribution in [0.15, 0.2) is 75.1 Å². The van der Waals surface area contributed by atoms with E-state index in [2.05, 4.69) is 57.4 Å². The molecule has 2 atom stereocenters. The average molecular weight is 426 g/mol. The van der Waals surface area contributed by atoms with Crippen LogP contribution in [0.1, 0.15) is 40.8 Å². The molecule has 27 heavy (non-hydrogen) atoms. The van der Waals surface area contributed by atoms with Gasteiger partial charge in [-0.2, -0.15) is 10.0 Å². The normalized spacial score (nSPS) is 13.1. The quantitative estimate of drug-likeness (QED) is 0.528. The second-order valence-electron chi connectivity index (χ2n) is 6.54. The van der Waals surface area contributed by atoms with E-state index in [9.17, 15) is 9.70 Å². The second kappa shape index (κ2) is 8.39. The Hall–Kier alpha value is -2.60. The molecule has 3 rings (SSSR count). The lowest BCUT2D eigenvalue weighted by Crippen LogP contribution is -2.20. The molecule has 1 heterocycles. The van der Waals surface area contributed by atoms with E-state index in [0.29, 0.717) is 12.1 Å². The Morgan fingerprint density at radius 1 is 1.07 bits per heavy atom. The molecular formula is C21H20BrN3O2. The van der Waals surface area contributed by atoms with E-state index in [1.165, 1.54) is 10.7 Å². The smallest absolute Gasteiger partial charge is 0.266 e. The third-order valence-electron chi connectivity index (χ3n) is 4.74. The zero-order valence-electron chi connectivity index (χ0n) is 15.2. The van der Waals surface area contributed by atoms with Crippen molar-refractivity contribution in [3.63, 3.8) is 0 Å². The summed E-state index contributed by atoms with van der Waals surface area (Å²) in [6.45, 7) is 2.06. The van der Waals surface area contributed by atoms with Crippen LogP contribution in [0, 0.1) is 11.8 Å². The number of halogens is 1. The summed E-state index contributed by atoms with van der Waals surface area (Å²) in [5.41, 5.74) is 3.70. The predicted molar refractivity (Wildman–Crippen MR) is 110 cm³/mol. The van der Waals surface area contributed by atoms with Crippen LogP contribution in [-0.2, 0) is 7.05 Å². The lowest BCUT2D eigenvalue weighted by atomic mass is 9.83. The summed E-state index contributed by atoms with van der Waals surface area (Å²) in [6, 6.07) is 18.6. The Labute approximate surface area is 166 Å². The molecule has 2 aromatic carbocycles. The number of benzene rings is 2. The summed E-state index contributed by atoms with van der Waals surface area (Å²) in [5, 5.41) is 7.55. The number of hydrogen-bond acceptors (Lipinski definition) is 4. The van der Waals surface area contributed by atoms with Gasteiger partial charge in [0.1, 0.15) is 6.04 Å². The first-order valence-electron chi connectivity index (χ1n) is 8.67. The molecule has 0 N–H and O–H groups in total. The Bertz CT molecular complexity index is 999. The van der Waals surface area contributed by atoms with Crippen LogP contribution in [0.25, 0.3) is 0 Å². The fourth-order valence-electron chi connectivity index (χ4n) is 3.25. The van der Waals surface area contributed by atoms with Crippen LogP contribution in [-0.4, -0.2) is 9.78 Å². The van der Waals surface area contributed by atoms with E-state index < -0.39 is 6.04 Å². The maximum atomic E-state index is 11.7. The fraction of sp³-hybridized carbons (Fsp3) is 0.238. The average Bonchev–Trinajstić information content (AvgIpc) is 2.67. The summed E-state index contributed by atoms with van der Waals surface area (Å²) >= 11 is 3.47. The van der Waals surface area contributed by atoms with Crippen molar-refractivity contribution in [2.75, 3.05) is 0 Å². The molecule has 6 heteroatoms.